The maximum Gasteiger partial charge on any atom is 0.269 e. The van der Waals surface area contributed by atoms with E-state index in [1.807, 2.05) is 6.07 Å². The van der Waals surface area contributed by atoms with Gasteiger partial charge in [-0.25, -0.2) is 0 Å². The van der Waals surface area contributed by atoms with Gasteiger partial charge in [-0.2, -0.15) is 8.46 Å². The zero-order valence-electron chi connectivity index (χ0n) is 8.07. The molecule has 0 fully saturated rings. The van der Waals surface area contributed by atoms with Crippen molar-refractivity contribution in [2.24, 2.45) is 0 Å². The van der Waals surface area contributed by atoms with Crippen molar-refractivity contribution in [2.45, 2.75) is 5.75 Å². The van der Waals surface area contributed by atoms with Gasteiger partial charge in [0.15, 0.2) is 0 Å². The third-order valence-corrected chi connectivity index (χ3v) is 3.34. The second-order valence-electron chi connectivity index (χ2n) is 3.47. The Balaban J connectivity index is 2.89. The van der Waals surface area contributed by atoms with Crippen molar-refractivity contribution in [3.8, 4) is 0 Å². The molecule has 0 radical (unpaired) electrons. The summed E-state index contributed by atoms with van der Waals surface area (Å²) in [5, 5.41) is 10.5. The highest BCUT2D eigenvalue weighted by Crippen LogP contribution is 2.51. The third kappa shape index (κ3) is 3.67. The Kier molecular flexibility index (Phi) is 3.55. The van der Waals surface area contributed by atoms with E-state index in [1.165, 1.54) is 6.07 Å². The van der Waals surface area contributed by atoms with Gasteiger partial charge in [0.2, 0.25) is 0 Å². The van der Waals surface area contributed by atoms with E-state index in [2.05, 4.69) is 27.3 Å². The molecule has 0 saturated carbocycles. The minimum absolute atomic E-state index is 0.165. The first kappa shape index (κ1) is 11.5. The quantitative estimate of drug-likeness (QED) is 0.627. The zero-order valence-corrected chi connectivity index (χ0v) is 10.5. The molecule has 1 aromatic carbocycles. The summed E-state index contributed by atoms with van der Waals surface area (Å²) < 4.78 is 0. The summed E-state index contributed by atoms with van der Waals surface area (Å²) in [4.78, 5) is 10.2. The second kappa shape index (κ2) is 4.31. The van der Waals surface area contributed by atoms with E-state index in [0.29, 0.717) is 0 Å². The van der Waals surface area contributed by atoms with Crippen LogP contribution in [0.5, 0.6) is 0 Å². The van der Waals surface area contributed by atoms with Crippen molar-refractivity contribution in [3.05, 3.63) is 39.9 Å². The van der Waals surface area contributed by atoms with E-state index in [-0.39, 0.29) is 10.6 Å². The molecule has 0 aromatic heterocycles. The Morgan fingerprint density at radius 1 is 1.50 bits per heavy atom. The number of hydrogen-bond donors (Lipinski definition) is 0. The van der Waals surface area contributed by atoms with Crippen molar-refractivity contribution < 1.29 is 4.92 Å². The molecule has 0 spiro atoms. The minimum atomic E-state index is -0.830. The van der Waals surface area contributed by atoms with Crippen LogP contribution >= 0.6 is 23.3 Å². The SMILES string of the molecule is CS(C)(Br)Cc1cccc([N+](=O)[O-])c1. The minimum Gasteiger partial charge on any atom is -0.258 e. The van der Waals surface area contributed by atoms with Crippen molar-refractivity contribution in [1.29, 1.82) is 0 Å². The van der Waals surface area contributed by atoms with Gasteiger partial charge in [-0.15, -0.1) is 0 Å². The highest BCUT2D eigenvalue weighted by Gasteiger charge is 2.11. The van der Waals surface area contributed by atoms with E-state index in [9.17, 15) is 10.1 Å². The third-order valence-electron chi connectivity index (χ3n) is 1.63. The molecule has 0 saturated heterocycles. The van der Waals surface area contributed by atoms with E-state index in [4.69, 9.17) is 0 Å². The standard InChI is InChI=1S/C9H12BrNO2S/c1-14(2,10)7-8-4-3-5-9(6-8)11(12)13/h3-6H,7H2,1-2H3. The molecule has 78 valence electrons. The Morgan fingerprint density at radius 2 is 2.14 bits per heavy atom. The van der Waals surface area contributed by atoms with E-state index >= 15 is 0 Å². The van der Waals surface area contributed by atoms with E-state index in [1.54, 1.807) is 12.1 Å². The van der Waals surface area contributed by atoms with Gasteiger partial charge < -0.3 is 0 Å². The average molecular weight is 278 g/mol. The Bertz CT molecular complexity index is 349. The summed E-state index contributed by atoms with van der Waals surface area (Å²) in [5.41, 5.74) is 1.18. The molecule has 0 amide bonds. The fourth-order valence-electron chi connectivity index (χ4n) is 1.16. The van der Waals surface area contributed by atoms with Crippen LogP contribution in [0.2, 0.25) is 0 Å². The van der Waals surface area contributed by atoms with Crippen molar-refractivity contribution in [3.63, 3.8) is 0 Å². The zero-order chi connectivity index (χ0) is 10.8. The summed E-state index contributed by atoms with van der Waals surface area (Å²) in [5.74, 6) is 0.856. The number of nitrogens with zero attached hydrogens (tertiary/aromatic N) is 1. The van der Waals surface area contributed by atoms with Crippen LogP contribution in [0.15, 0.2) is 24.3 Å². The van der Waals surface area contributed by atoms with Crippen LogP contribution in [0, 0.1) is 10.1 Å². The fraction of sp³-hybridized carbons (Fsp3) is 0.333. The van der Waals surface area contributed by atoms with E-state index in [0.717, 1.165) is 11.3 Å². The van der Waals surface area contributed by atoms with Crippen LogP contribution in [0.25, 0.3) is 0 Å². The molecule has 14 heavy (non-hydrogen) atoms. The molecule has 1 aromatic rings. The first-order valence-electron chi connectivity index (χ1n) is 4.02. The lowest BCUT2D eigenvalue weighted by Crippen LogP contribution is -1.93. The maximum atomic E-state index is 10.5. The van der Waals surface area contributed by atoms with Gasteiger partial charge in [-0.3, -0.25) is 10.1 Å². The highest BCUT2D eigenvalue weighted by molar-refractivity contribution is 9.57. The molecule has 1 rings (SSSR count). The monoisotopic (exact) mass is 277 g/mol. The number of halogens is 1. The molecule has 0 N–H and O–H groups in total. The smallest absolute Gasteiger partial charge is 0.258 e. The van der Waals surface area contributed by atoms with Crippen LogP contribution in [-0.4, -0.2) is 17.4 Å². The van der Waals surface area contributed by atoms with Crippen LogP contribution in [0.4, 0.5) is 5.69 Å². The summed E-state index contributed by atoms with van der Waals surface area (Å²) >= 11 is 3.59. The van der Waals surface area contributed by atoms with Gasteiger partial charge in [0, 0.05) is 17.9 Å². The molecule has 3 nitrogen and oxygen atoms in total. The van der Waals surface area contributed by atoms with Crippen LogP contribution in [0.3, 0.4) is 0 Å². The number of rotatable bonds is 3. The lowest BCUT2D eigenvalue weighted by atomic mass is 10.2. The van der Waals surface area contributed by atoms with E-state index < -0.39 is 8.46 Å². The Morgan fingerprint density at radius 3 is 2.64 bits per heavy atom. The molecule has 0 aliphatic carbocycles. The predicted octanol–water partition coefficient (Wildman–Crippen LogP) is 3.47. The molecule has 0 heterocycles. The van der Waals surface area contributed by atoms with Gasteiger partial charge in [0.05, 0.1) is 4.92 Å². The summed E-state index contributed by atoms with van der Waals surface area (Å²) in [6.07, 6.45) is 4.23. The molecular weight excluding hydrogens is 266 g/mol. The number of non-ortho nitro benzene ring substituents is 1. The number of hydrogen-bond acceptors (Lipinski definition) is 2. The highest BCUT2D eigenvalue weighted by atomic mass is 79.9. The topological polar surface area (TPSA) is 43.1 Å². The molecular formula is C9H12BrNO2S. The van der Waals surface area contributed by atoms with Crippen molar-refractivity contribution >= 4 is 29.0 Å². The molecule has 0 aliphatic heterocycles. The van der Waals surface area contributed by atoms with Gasteiger partial charge in [-0.05, 0) is 32.9 Å². The average Bonchev–Trinajstić information content (AvgIpc) is 2.01. The lowest BCUT2D eigenvalue weighted by molar-refractivity contribution is -0.384. The molecule has 0 aliphatic rings. The van der Waals surface area contributed by atoms with Gasteiger partial charge >= 0.3 is 0 Å². The summed E-state index contributed by atoms with van der Waals surface area (Å²) in [6, 6.07) is 6.80. The normalized spacial score (nSPS) is 12.5. The van der Waals surface area contributed by atoms with Gasteiger partial charge in [-0.1, -0.05) is 12.1 Å². The number of nitro benzene ring substituents is 1. The van der Waals surface area contributed by atoms with Crippen molar-refractivity contribution in [1.82, 2.24) is 0 Å². The van der Waals surface area contributed by atoms with Gasteiger partial charge in [0.25, 0.3) is 5.69 Å². The first-order chi connectivity index (χ1) is 6.38. The lowest BCUT2D eigenvalue weighted by Gasteiger charge is -2.21. The summed E-state index contributed by atoms with van der Waals surface area (Å²) in [7, 11) is -0.830. The van der Waals surface area contributed by atoms with Gasteiger partial charge in [0.1, 0.15) is 0 Å². The first-order valence-corrected chi connectivity index (χ1v) is 8.48. The van der Waals surface area contributed by atoms with Crippen LogP contribution < -0.4 is 0 Å². The predicted molar refractivity (Wildman–Crippen MR) is 65.2 cm³/mol. The van der Waals surface area contributed by atoms with Crippen LogP contribution in [-0.2, 0) is 5.75 Å². The molecule has 5 heteroatoms. The number of benzene rings is 1. The molecule has 0 bridgehead atoms. The Labute approximate surface area is 92.2 Å². The van der Waals surface area contributed by atoms with Crippen molar-refractivity contribution in [2.75, 3.05) is 12.5 Å². The largest absolute Gasteiger partial charge is 0.269 e. The fourth-order valence-corrected chi connectivity index (χ4v) is 2.92. The Hall–Kier alpha value is -0.550. The molecule has 0 atom stereocenters. The van der Waals surface area contributed by atoms with Crippen LogP contribution in [0.1, 0.15) is 5.56 Å². The summed E-state index contributed by atoms with van der Waals surface area (Å²) in [6.45, 7) is 0. The number of nitro groups is 1. The molecule has 0 unspecified atom stereocenters. The second-order valence-corrected chi connectivity index (χ2v) is 11.8. The maximum absolute atomic E-state index is 10.5.